The Morgan fingerprint density at radius 1 is 1.28 bits per heavy atom. The summed E-state index contributed by atoms with van der Waals surface area (Å²) in [5.41, 5.74) is 1.26. The molecular weight excluding hydrogens is 230 g/mol. The average Bonchev–Trinajstić information content (AvgIpc) is 2.46. The zero-order valence-electron chi connectivity index (χ0n) is 10.8. The normalized spacial score (nSPS) is 23.4. The van der Waals surface area contributed by atoms with Gasteiger partial charge in [0.1, 0.15) is 11.8 Å². The van der Waals surface area contributed by atoms with Crippen molar-refractivity contribution in [2.24, 2.45) is 0 Å². The number of ether oxygens (including phenoxy) is 2. The van der Waals surface area contributed by atoms with Crippen LogP contribution in [0, 0.1) is 0 Å². The van der Waals surface area contributed by atoms with E-state index in [4.69, 9.17) is 9.47 Å². The highest BCUT2D eigenvalue weighted by Gasteiger charge is 2.28. The van der Waals surface area contributed by atoms with Crippen LogP contribution in [0.25, 0.3) is 0 Å². The summed E-state index contributed by atoms with van der Waals surface area (Å²) in [6, 6.07) is 7.89. The van der Waals surface area contributed by atoms with E-state index in [1.807, 2.05) is 12.1 Å². The molecule has 1 N–H and O–H groups in total. The Labute approximate surface area is 107 Å². The Kier molecular flexibility index (Phi) is 4.20. The maximum Gasteiger partial charge on any atom is 0.322 e. The number of hydrogen-bond donors (Lipinski definition) is 1. The number of hydrogen-bond acceptors (Lipinski definition) is 4. The fourth-order valence-corrected chi connectivity index (χ4v) is 2.42. The Morgan fingerprint density at radius 2 is 2.00 bits per heavy atom. The lowest BCUT2D eigenvalue weighted by Gasteiger charge is -2.29. The smallest absolute Gasteiger partial charge is 0.322 e. The van der Waals surface area contributed by atoms with Crippen molar-refractivity contribution in [2.75, 3.05) is 20.8 Å². The molecule has 1 heterocycles. The molecule has 2 atom stereocenters. The first-order valence-corrected chi connectivity index (χ1v) is 6.19. The van der Waals surface area contributed by atoms with E-state index in [0.29, 0.717) is 5.92 Å². The molecule has 0 saturated carbocycles. The zero-order chi connectivity index (χ0) is 13.0. The van der Waals surface area contributed by atoms with Crippen molar-refractivity contribution in [2.45, 2.75) is 24.8 Å². The van der Waals surface area contributed by atoms with Crippen LogP contribution < -0.4 is 10.1 Å². The van der Waals surface area contributed by atoms with Gasteiger partial charge in [-0.2, -0.15) is 0 Å². The number of methoxy groups -OCH3 is 2. The summed E-state index contributed by atoms with van der Waals surface area (Å²) in [4.78, 5) is 11.5. The average molecular weight is 249 g/mol. The van der Waals surface area contributed by atoms with Gasteiger partial charge in [-0.25, -0.2) is 0 Å². The van der Waals surface area contributed by atoms with E-state index in [0.717, 1.165) is 25.1 Å². The first-order valence-electron chi connectivity index (χ1n) is 6.19. The largest absolute Gasteiger partial charge is 0.497 e. The van der Waals surface area contributed by atoms with E-state index < -0.39 is 0 Å². The molecule has 18 heavy (non-hydrogen) atoms. The molecule has 0 aliphatic carbocycles. The highest BCUT2D eigenvalue weighted by Crippen LogP contribution is 2.29. The van der Waals surface area contributed by atoms with Gasteiger partial charge in [-0.15, -0.1) is 0 Å². The molecule has 1 fully saturated rings. The molecule has 0 amide bonds. The molecule has 1 aromatic carbocycles. The maximum atomic E-state index is 11.5. The first-order chi connectivity index (χ1) is 8.74. The van der Waals surface area contributed by atoms with Gasteiger partial charge in [-0.1, -0.05) is 12.1 Å². The van der Waals surface area contributed by atoms with Gasteiger partial charge in [0.05, 0.1) is 14.2 Å². The topological polar surface area (TPSA) is 47.6 Å². The number of benzene rings is 1. The van der Waals surface area contributed by atoms with Crippen LogP contribution in [0.2, 0.25) is 0 Å². The number of piperidine rings is 1. The summed E-state index contributed by atoms with van der Waals surface area (Å²) >= 11 is 0. The van der Waals surface area contributed by atoms with E-state index >= 15 is 0 Å². The second kappa shape index (κ2) is 5.87. The number of nitrogens with one attached hydrogen (secondary N) is 1. The lowest BCUT2D eigenvalue weighted by molar-refractivity contribution is -0.143. The van der Waals surface area contributed by atoms with Crippen LogP contribution in [0.4, 0.5) is 0 Å². The molecule has 98 valence electrons. The van der Waals surface area contributed by atoms with Crippen LogP contribution in [-0.4, -0.2) is 32.8 Å². The van der Waals surface area contributed by atoms with Crippen molar-refractivity contribution in [1.82, 2.24) is 5.32 Å². The third-order valence-corrected chi connectivity index (χ3v) is 3.48. The third-order valence-electron chi connectivity index (χ3n) is 3.48. The number of carbonyl (C=O) groups excluding carboxylic acids is 1. The van der Waals surface area contributed by atoms with Crippen LogP contribution in [0.5, 0.6) is 5.75 Å². The minimum absolute atomic E-state index is 0.173. The second-order valence-electron chi connectivity index (χ2n) is 4.52. The second-order valence-corrected chi connectivity index (χ2v) is 4.52. The predicted octanol–water partition coefficient (Wildman–Crippen LogP) is 1.70. The minimum Gasteiger partial charge on any atom is -0.497 e. The Morgan fingerprint density at radius 3 is 2.61 bits per heavy atom. The van der Waals surface area contributed by atoms with Gasteiger partial charge in [0.25, 0.3) is 0 Å². The summed E-state index contributed by atoms with van der Waals surface area (Å²) in [6.45, 7) is 0.844. The van der Waals surface area contributed by atoms with Crippen LogP contribution in [0.15, 0.2) is 24.3 Å². The lowest BCUT2D eigenvalue weighted by atomic mass is 9.86. The Hall–Kier alpha value is -1.55. The molecule has 0 radical (unpaired) electrons. The monoisotopic (exact) mass is 249 g/mol. The van der Waals surface area contributed by atoms with E-state index in [9.17, 15) is 4.79 Å². The van der Waals surface area contributed by atoms with Gasteiger partial charge in [0, 0.05) is 0 Å². The van der Waals surface area contributed by atoms with E-state index in [1.165, 1.54) is 12.7 Å². The quantitative estimate of drug-likeness (QED) is 0.828. The van der Waals surface area contributed by atoms with E-state index in [1.54, 1.807) is 7.11 Å². The molecule has 0 bridgehead atoms. The molecule has 1 saturated heterocycles. The minimum atomic E-state index is -0.184. The molecule has 4 nitrogen and oxygen atoms in total. The van der Waals surface area contributed by atoms with Crippen LogP contribution >= 0.6 is 0 Å². The third kappa shape index (κ3) is 2.82. The molecule has 1 aliphatic rings. The van der Waals surface area contributed by atoms with Crippen molar-refractivity contribution < 1.29 is 14.3 Å². The summed E-state index contributed by atoms with van der Waals surface area (Å²) < 4.78 is 9.94. The van der Waals surface area contributed by atoms with E-state index in [2.05, 4.69) is 17.4 Å². The van der Waals surface area contributed by atoms with Crippen molar-refractivity contribution in [3.05, 3.63) is 29.8 Å². The zero-order valence-corrected chi connectivity index (χ0v) is 10.8. The number of carbonyl (C=O) groups is 1. The van der Waals surface area contributed by atoms with Gasteiger partial charge in [-0.3, -0.25) is 4.79 Å². The Bertz CT molecular complexity index is 402. The molecule has 0 unspecified atom stereocenters. The van der Waals surface area contributed by atoms with Crippen molar-refractivity contribution in [3.8, 4) is 5.75 Å². The van der Waals surface area contributed by atoms with Gasteiger partial charge in [-0.05, 0) is 43.0 Å². The van der Waals surface area contributed by atoms with Crippen molar-refractivity contribution in [3.63, 3.8) is 0 Å². The molecule has 0 spiro atoms. The highest BCUT2D eigenvalue weighted by molar-refractivity contribution is 5.75. The van der Waals surface area contributed by atoms with Crippen molar-refractivity contribution >= 4 is 5.97 Å². The number of rotatable bonds is 3. The summed E-state index contributed by atoms with van der Waals surface area (Å²) in [6.07, 6.45) is 1.83. The molecule has 4 heteroatoms. The standard InChI is InChI=1S/C14H19NO3/c1-17-12-5-3-10(4-6-12)11-7-8-15-13(9-11)14(16)18-2/h3-6,11,13,15H,7-9H2,1-2H3/t11-,13-/m1/s1. The summed E-state index contributed by atoms with van der Waals surface area (Å²) in [7, 11) is 3.09. The van der Waals surface area contributed by atoms with Crippen LogP contribution in [0.3, 0.4) is 0 Å². The molecule has 1 aliphatic heterocycles. The molecular formula is C14H19NO3. The summed E-state index contributed by atoms with van der Waals surface area (Å²) in [5, 5.41) is 3.19. The first kappa shape index (κ1) is 12.9. The maximum absolute atomic E-state index is 11.5. The highest BCUT2D eigenvalue weighted by atomic mass is 16.5. The van der Waals surface area contributed by atoms with Gasteiger partial charge in [0.15, 0.2) is 0 Å². The van der Waals surface area contributed by atoms with Gasteiger partial charge in [0.2, 0.25) is 0 Å². The molecule has 2 rings (SSSR count). The van der Waals surface area contributed by atoms with Gasteiger partial charge >= 0.3 is 5.97 Å². The number of esters is 1. The van der Waals surface area contributed by atoms with Gasteiger partial charge < -0.3 is 14.8 Å². The van der Waals surface area contributed by atoms with Crippen molar-refractivity contribution in [1.29, 1.82) is 0 Å². The van der Waals surface area contributed by atoms with E-state index in [-0.39, 0.29) is 12.0 Å². The molecule has 1 aromatic rings. The fourth-order valence-electron chi connectivity index (χ4n) is 2.42. The SMILES string of the molecule is COC(=O)[C@H]1C[C@H](c2ccc(OC)cc2)CCN1. The summed E-state index contributed by atoms with van der Waals surface area (Å²) in [5.74, 6) is 1.09. The van der Waals surface area contributed by atoms with Crippen LogP contribution in [-0.2, 0) is 9.53 Å². The lowest BCUT2D eigenvalue weighted by Crippen LogP contribution is -2.43. The van der Waals surface area contributed by atoms with Crippen LogP contribution in [0.1, 0.15) is 24.3 Å². The Balaban J connectivity index is 2.05. The molecule has 0 aromatic heterocycles. The fraction of sp³-hybridized carbons (Fsp3) is 0.500. The predicted molar refractivity (Wildman–Crippen MR) is 68.8 cm³/mol.